The lowest BCUT2D eigenvalue weighted by atomic mass is 10.0. The first-order valence-corrected chi connectivity index (χ1v) is 7.76. The van der Waals surface area contributed by atoms with E-state index in [2.05, 4.69) is 10.3 Å². The van der Waals surface area contributed by atoms with Crippen LogP contribution in [0.5, 0.6) is 0 Å². The van der Waals surface area contributed by atoms with Gasteiger partial charge in [0.2, 0.25) is 5.91 Å². The van der Waals surface area contributed by atoms with Crippen LogP contribution in [0.3, 0.4) is 0 Å². The monoisotopic (exact) mass is 321 g/mol. The zero-order chi connectivity index (χ0) is 17.1. The fourth-order valence-electron chi connectivity index (χ4n) is 2.73. The number of rotatable bonds is 5. The van der Waals surface area contributed by atoms with Crippen LogP contribution >= 0.6 is 0 Å². The van der Waals surface area contributed by atoms with E-state index in [0.29, 0.717) is 12.0 Å². The number of nitrogens with one attached hydrogen (secondary N) is 2. The van der Waals surface area contributed by atoms with E-state index in [-0.39, 0.29) is 5.91 Å². The SMILES string of the molecule is Cc1ccc2[nH]cc(C(=O)NC(Cc3ccccc3)C(N)=O)c2c1. The molecule has 0 fully saturated rings. The lowest BCUT2D eigenvalue weighted by Gasteiger charge is -2.15. The number of nitrogens with two attached hydrogens (primary N) is 1. The van der Waals surface area contributed by atoms with Crippen molar-refractivity contribution in [2.75, 3.05) is 0 Å². The van der Waals surface area contributed by atoms with E-state index in [1.807, 2.05) is 55.5 Å². The topological polar surface area (TPSA) is 88.0 Å². The van der Waals surface area contributed by atoms with Gasteiger partial charge in [-0.05, 0) is 24.6 Å². The normalized spacial score (nSPS) is 12.0. The van der Waals surface area contributed by atoms with Gasteiger partial charge in [-0.2, -0.15) is 0 Å². The van der Waals surface area contributed by atoms with Crippen molar-refractivity contribution in [2.45, 2.75) is 19.4 Å². The predicted octanol–water partition coefficient (Wildman–Crippen LogP) is 2.30. The second kappa shape index (κ2) is 6.58. The molecule has 3 aromatic rings. The molecule has 122 valence electrons. The Balaban J connectivity index is 1.82. The molecule has 0 aliphatic heterocycles. The molecule has 0 aliphatic carbocycles. The third kappa shape index (κ3) is 3.30. The number of H-pyrrole nitrogens is 1. The maximum atomic E-state index is 12.6. The van der Waals surface area contributed by atoms with Crippen LogP contribution in [-0.2, 0) is 11.2 Å². The van der Waals surface area contributed by atoms with Crippen molar-refractivity contribution in [1.29, 1.82) is 0 Å². The molecule has 0 saturated heterocycles. The van der Waals surface area contributed by atoms with Crippen molar-refractivity contribution in [1.82, 2.24) is 10.3 Å². The van der Waals surface area contributed by atoms with Gasteiger partial charge in [-0.25, -0.2) is 0 Å². The largest absolute Gasteiger partial charge is 0.368 e. The molecule has 5 heteroatoms. The number of hydrogen-bond acceptors (Lipinski definition) is 2. The number of fused-ring (bicyclic) bond motifs is 1. The zero-order valence-corrected chi connectivity index (χ0v) is 13.4. The van der Waals surface area contributed by atoms with Crippen LogP contribution in [0.1, 0.15) is 21.5 Å². The van der Waals surface area contributed by atoms with Crippen molar-refractivity contribution in [3.63, 3.8) is 0 Å². The third-order valence-corrected chi connectivity index (χ3v) is 4.01. The number of benzene rings is 2. The quantitative estimate of drug-likeness (QED) is 0.673. The molecule has 4 N–H and O–H groups in total. The van der Waals surface area contributed by atoms with Gasteiger partial charge in [-0.1, -0.05) is 42.0 Å². The molecule has 2 aromatic carbocycles. The highest BCUT2D eigenvalue weighted by Crippen LogP contribution is 2.19. The molecule has 5 nitrogen and oxygen atoms in total. The maximum Gasteiger partial charge on any atom is 0.254 e. The summed E-state index contributed by atoms with van der Waals surface area (Å²) in [6.07, 6.45) is 2.02. The van der Waals surface area contributed by atoms with Crippen LogP contribution in [-0.4, -0.2) is 22.8 Å². The van der Waals surface area contributed by atoms with Gasteiger partial charge in [0, 0.05) is 23.5 Å². The first-order valence-electron chi connectivity index (χ1n) is 7.76. The van der Waals surface area contributed by atoms with Crippen molar-refractivity contribution < 1.29 is 9.59 Å². The van der Waals surface area contributed by atoms with Crippen LogP contribution in [0, 0.1) is 6.92 Å². The molecular weight excluding hydrogens is 302 g/mol. The highest BCUT2D eigenvalue weighted by molar-refractivity contribution is 6.08. The van der Waals surface area contributed by atoms with Gasteiger partial charge >= 0.3 is 0 Å². The van der Waals surface area contributed by atoms with Gasteiger partial charge in [0.05, 0.1) is 5.56 Å². The lowest BCUT2D eigenvalue weighted by molar-refractivity contribution is -0.119. The number of amides is 2. The van der Waals surface area contributed by atoms with E-state index in [0.717, 1.165) is 22.0 Å². The smallest absolute Gasteiger partial charge is 0.254 e. The van der Waals surface area contributed by atoms with Crippen molar-refractivity contribution in [2.24, 2.45) is 5.73 Å². The predicted molar refractivity (Wildman–Crippen MR) is 93.6 cm³/mol. The maximum absolute atomic E-state index is 12.6. The summed E-state index contributed by atoms with van der Waals surface area (Å²) >= 11 is 0. The summed E-state index contributed by atoms with van der Waals surface area (Å²) in [5.41, 5.74) is 8.85. The number of aryl methyl sites for hydroxylation is 1. The molecule has 24 heavy (non-hydrogen) atoms. The molecule has 1 unspecified atom stereocenters. The average molecular weight is 321 g/mol. The summed E-state index contributed by atoms with van der Waals surface area (Å²) in [7, 11) is 0. The fourth-order valence-corrected chi connectivity index (χ4v) is 2.73. The molecular formula is C19H19N3O2. The van der Waals surface area contributed by atoms with Crippen LogP contribution in [0.2, 0.25) is 0 Å². The Morgan fingerprint density at radius 3 is 2.62 bits per heavy atom. The van der Waals surface area contributed by atoms with Gasteiger partial charge in [0.1, 0.15) is 6.04 Å². The Hall–Kier alpha value is -3.08. The van der Waals surface area contributed by atoms with Gasteiger partial charge < -0.3 is 16.0 Å². The van der Waals surface area contributed by atoms with Crippen LogP contribution in [0.15, 0.2) is 54.7 Å². The Morgan fingerprint density at radius 1 is 1.17 bits per heavy atom. The minimum Gasteiger partial charge on any atom is -0.368 e. The summed E-state index contributed by atoms with van der Waals surface area (Å²) in [5.74, 6) is -0.866. The number of aromatic nitrogens is 1. The Kier molecular flexibility index (Phi) is 4.33. The summed E-state index contributed by atoms with van der Waals surface area (Å²) in [5, 5.41) is 3.57. The third-order valence-electron chi connectivity index (χ3n) is 4.01. The molecule has 0 aliphatic rings. The number of carbonyl (C=O) groups is 2. The van der Waals surface area contributed by atoms with Gasteiger partial charge in [0.25, 0.3) is 5.91 Å². The second-order valence-electron chi connectivity index (χ2n) is 5.87. The van der Waals surface area contributed by atoms with E-state index >= 15 is 0 Å². The van der Waals surface area contributed by atoms with E-state index in [1.165, 1.54) is 0 Å². The zero-order valence-electron chi connectivity index (χ0n) is 13.4. The molecule has 0 saturated carbocycles. The highest BCUT2D eigenvalue weighted by Gasteiger charge is 2.21. The van der Waals surface area contributed by atoms with E-state index in [9.17, 15) is 9.59 Å². The minimum atomic E-state index is -0.755. The number of carbonyl (C=O) groups excluding carboxylic acids is 2. The van der Waals surface area contributed by atoms with Crippen molar-refractivity contribution in [3.05, 3.63) is 71.4 Å². The Bertz CT molecular complexity index is 884. The van der Waals surface area contributed by atoms with Crippen molar-refractivity contribution >= 4 is 22.7 Å². The van der Waals surface area contributed by atoms with Gasteiger partial charge in [-0.3, -0.25) is 9.59 Å². The number of aromatic amines is 1. The summed E-state index contributed by atoms with van der Waals surface area (Å²) < 4.78 is 0. The number of primary amides is 1. The Labute approximate surface area is 139 Å². The summed E-state index contributed by atoms with van der Waals surface area (Å²) in [6.45, 7) is 1.97. The molecule has 3 rings (SSSR count). The van der Waals surface area contributed by atoms with Crippen LogP contribution in [0.25, 0.3) is 10.9 Å². The summed E-state index contributed by atoms with van der Waals surface area (Å²) in [4.78, 5) is 27.4. The minimum absolute atomic E-state index is 0.313. The summed E-state index contributed by atoms with van der Waals surface area (Å²) in [6, 6.07) is 14.6. The van der Waals surface area contributed by atoms with Gasteiger partial charge in [-0.15, -0.1) is 0 Å². The molecule has 1 atom stereocenters. The van der Waals surface area contributed by atoms with Gasteiger partial charge in [0.15, 0.2) is 0 Å². The highest BCUT2D eigenvalue weighted by atomic mass is 16.2. The Morgan fingerprint density at radius 2 is 1.92 bits per heavy atom. The van der Waals surface area contributed by atoms with Crippen molar-refractivity contribution in [3.8, 4) is 0 Å². The fraction of sp³-hybridized carbons (Fsp3) is 0.158. The lowest BCUT2D eigenvalue weighted by Crippen LogP contribution is -2.45. The second-order valence-corrected chi connectivity index (χ2v) is 5.87. The van der Waals surface area contributed by atoms with Crippen LogP contribution in [0.4, 0.5) is 0 Å². The first-order chi connectivity index (χ1) is 11.5. The van der Waals surface area contributed by atoms with Crippen LogP contribution < -0.4 is 11.1 Å². The van der Waals surface area contributed by atoms with E-state index in [1.54, 1.807) is 6.20 Å². The number of hydrogen-bond donors (Lipinski definition) is 3. The standard InChI is InChI=1S/C19H19N3O2/c1-12-7-8-16-14(9-12)15(11-21-16)19(24)22-17(18(20)23)10-13-5-3-2-4-6-13/h2-9,11,17,21H,10H2,1H3,(H2,20,23)(H,22,24). The average Bonchev–Trinajstić information content (AvgIpc) is 2.98. The van der Waals surface area contributed by atoms with E-state index < -0.39 is 11.9 Å². The molecule has 0 spiro atoms. The molecule has 0 radical (unpaired) electrons. The molecule has 1 heterocycles. The molecule has 1 aromatic heterocycles. The molecule has 2 amide bonds. The molecule has 0 bridgehead atoms. The van der Waals surface area contributed by atoms with E-state index in [4.69, 9.17) is 5.73 Å². The first kappa shape index (κ1) is 15.8.